The van der Waals surface area contributed by atoms with Gasteiger partial charge in [0.1, 0.15) is 0 Å². The molecule has 2 aromatic rings. The Bertz CT molecular complexity index is 796. The van der Waals surface area contributed by atoms with Crippen LogP contribution in [0.1, 0.15) is 23.2 Å². The molecule has 114 valence electrons. The number of aliphatic carboxylic acids is 1. The van der Waals surface area contributed by atoms with Crippen LogP contribution in [0.5, 0.6) is 0 Å². The minimum absolute atomic E-state index is 0.190. The molecular formula is C16H16N2O4. The highest BCUT2D eigenvalue weighted by atomic mass is 16.4. The lowest BCUT2D eigenvalue weighted by molar-refractivity contribution is -0.143. The van der Waals surface area contributed by atoms with E-state index in [2.05, 4.69) is 4.98 Å². The lowest BCUT2D eigenvalue weighted by Crippen LogP contribution is -2.42. The highest BCUT2D eigenvalue weighted by molar-refractivity contribution is 6.06. The van der Waals surface area contributed by atoms with Gasteiger partial charge in [-0.2, -0.15) is 0 Å². The molecular weight excluding hydrogens is 284 g/mol. The van der Waals surface area contributed by atoms with Crippen LogP contribution in [0.4, 0.5) is 0 Å². The molecule has 1 atom stereocenters. The van der Waals surface area contributed by atoms with Crippen molar-refractivity contribution in [1.82, 2.24) is 9.88 Å². The molecule has 1 fully saturated rings. The number of nitrogens with one attached hydrogen (secondary N) is 1. The largest absolute Gasteiger partial charge is 0.481 e. The topological polar surface area (TPSA) is 90.5 Å². The molecule has 1 aliphatic heterocycles. The second-order valence-corrected chi connectivity index (χ2v) is 5.52. The number of pyridine rings is 1. The molecule has 0 unspecified atom stereocenters. The van der Waals surface area contributed by atoms with E-state index in [0.29, 0.717) is 35.9 Å². The number of carbonyl (C=O) groups excluding carboxylic acids is 1. The SMILES string of the molecule is O=C(O)[C@H]1CCCN(C(=O)c2cc(=O)[nH]c3ccccc23)C1. The molecule has 3 rings (SSSR count). The third kappa shape index (κ3) is 2.59. The van der Waals surface area contributed by atoms with E-state index < -0.39 is 11.9 Å². The summed E-state index contributed by atoms with van der Waals surface area (Å²) in [7, 11) is 0. The van der Waals surface area contributed by atoms with Gasteiger partial charge in [-0.25, -0.2) is 0 Å². The maximum absolute atomic E-state index is 12.7. The number of amides is 1. The molecule has 0 spiro atoms. The number of carboxylic acids is 1. The number of H-pyrrole nitrogens is 1. The Kier molecular flexibility index (Phi) is 3.66. The number of likely N-dealkylation sites (tertiary alicyclic amines) is 1. The first kappa shape index (κ1) is 14.3. The van der Waals surface area contributed by atoms with Gasteiger partial charge in [-0.3, -0.25) is 14.4 Å². The fourth-order valence-electron chi connectivity index (χ4n) is 2.92. The van der Waals surface area contributed by atoms with Gasteiger partial charge in [0.15, 0.2) is 0 Å². The highest BCUT2D eigenvalue weighted by Crippen LogP contribution is 2.21. The maximum atomic E-state index is 12.7. The summed E-state index contributed by atoms with van der Waals surface area (Å²) in [5.74, 6) is -1.70. The van der Waals surface area contributed by atoms with E-state index in [1.807, 2.05) is 0 Å². The van der Waals surface area contributed by atoms with Gasteiger partial charge >= 0.3 is 5.97 Å². The van der Waals surface area contributed by atoms with Gasteiger partial charge in [-0.1, -0.05) is 18.2 Å². The Hall–Kier alpha value is -2.63. The van der Waals surface area contributed by atoms with Crippen LogP contribution in [0.15, 0.2) is 35.1 Å². The maximum Gasteiger partial charge on any atom is 0.308 e. The minimum Gasteiger partial charge on any atom is -0.481 e. The summed E-state index contributed by atoms with van der Waals surface area (Å²) in [6.07, 6.45) is 1.24. The van der Waals surface area contributed by atoms with E-state index in [1.54, 1.807) is 24.3 Å². The first-order valence-corrected chi connectivity index (χ1v) is 7.20. The molecule has 22 heavy (non-hydrogen) atoms. The van der Waals surface area contributed by atoms with Crippen LogP contribution < -0.4 is 5.56 Å². The fraction of sp³-hybridized carbons (Fsp3) is 0.312. The summed E-state index contributed by atoms with van der Waals surface area (Å²) in [5.41, 5.74) is 0.587. The van der Waals surface area contributed by atoms with Gasteiger partial charge in [-0.05, 0) is 18.9 Å². The quantitative estimate of drug-likeness (QED) is 0.878. The molecule has 0 saturated carbocycles. The van der Waals surface area contributed by atoms with E-state index in [4.69, 9.17) is 5.11 Å². The number of carboxylic acid groups (broad SMARTS) is 1. The number of piperidine rings is 1. The molecule has 1 aliphatic rings. The summed E-state index contributed by atoms with van der Waals surface area (Å²) in [5, 5.41) is 9.80. The average Bonchev–Trinajstić information content (AvgIpc) is 2.53. The van der Waals surface area contributed by atoms with Gasteiger partial charge in [0.2, 0.25) is 5.56 Å². The molecule has 1 amide bonds. The molecule has 0 bridgehead atoms. The number of carbonyl (C=O) groups is 2. The number of para-hydroxylation sites is 1. The second-order valence-electron chi connectivity index (χ2n) is 5.52. The molecule has 1 saturated heterocycles. The van der Waals surface area contributed by atoms with Crippen LogP contribution in [0.3, 0.4) is 0 Å². The van der Waals surface area contributed by atoms with Crippen molar-refractivity contribution in [3.05, 3.63) is 46.2 Å². The summed E-state index contributed by atoms with van der Waals surface area (Å²) >= 11 is 0. The standard InChI is InChI=1S/C16H16N2O4/c19-14-8-12(11-5-1-2-6-13(11)17-14)15(20)18-7-3-4-10(9-18)16(21)22/h1-2,5-6,8,10H,3-4,7,9H2,(H,17,19)(H,21,22)/t10-/m0/s1. The van der Waals surface area contributed by atoms with Gasteiger partial charge in [0.25, 0.3) is 5.91 Å². The molecule has 0 aliphatic carbocycles. The summed E-state index contributed by atoms with van der Waals surface area (Å²) in [4.78, 5) is 39.8. The zero-order chi connectivity index (χ0) is 15.7. The molecule has 6 nitrogen and oxygen atoms in total. The number of nitrogens with zero attached hydrogens (tertiary/aromatic N) is 1. The summed E-state index contributed by atoms with van der Waals surface area (Å²) in [6.45, 7) is 0.707. The third-order valence-electron chi connectivity index (χ3n) is 4.04. The number of aromatic amines is 1. The van der Waals surface area contributed by atoms with Crippen molar-refractivity contribution in [2.24, 2.45) is 5.92 Å². The zero-order valence-corrected chi connectivity index (χ0v) is 11.9. The number of rotatable bonds is 2. The molecule has 0 radical (unpaired) electrons. The van der Waals surface area contributed by atoms with Crippen molar-refractivity contribution in [3.8, 4) is 0 Å². The molecule has 2 N–H and O–H groups in total. The van der Waals surface area contributed by atoms with Crippen molar-refractivity contribution in [2.45, 2.75) is 12.8 Å². The van der Waals surface area contributed by atoms with Gasteiger partial charge in [-0.15, -0.1) is 0 Å². The Morgan fingerprint density at radius 1 is 1.27 bits per heavy atom. The van der Waals surface area contributed by atoms with Crippen LogP contribution in [-0.2, 0) is 4.79 Å². The lowest BCUT2D eigenvalue weighted by Gasteiger charge is -2.31. The number of hydrogen-bond donors (Lipinski definition) is 2. The van der Waals surface area contributed by atoms with E-state index in [9.17, 15) is 14.4 Å². The van der Waals surface area contributed by atoms with Gasteiger partial charge in [0.05, 0.1) is 11.5 Å². The molecule has 1 aromatic heterocycles. The van der Waals surface area contributed by atoms with Crippen molar-refractivity contribution in [3.63, 3.8) is 0 Å². The summed E-state index contributed by atoms with van der Waals surface area (Å²) < 4.78 is 0. The first-order valence-electron chi connectivity index (χ1n) is 7.20. The predicted octanol–water partition coefficient (Wildman–Crippen LogP) is 1.46. The Labute approximate surface area is 126 Å². The number of fused-ring (bicyclic) bond motifs is 1. The monoisotopic (exact) mass is 300 g/mol. The van der Waals surface area contributed by atoms with E-state index in [-0.39, 0.29) is 18.0 Å². The number of benzene rings is 1. The molecule has 2 heterocycles. The van der Waals surface area contributed by atoms with Gasteiger partial charge < -0.3 is 15.0 Å². The normalized spacial score (nSPS) is 18.4. The lowest BCUT2D eigenvalue weighted by atomic mass is 9.97. The Balaban J connectivity index is 1.98. The highest BCUT2D eigenvalue weighted by Gasteiger charge is 2.29. The van der Waals surface area contributed by atoms with Crippen LogP contribution in [0.2, 0.25) is 0 Å². The van der Waals surface area contributed by atoms with E-state index >= 15 is 0 Å². The number of hydrogen-bond acceptors (Lipinski definition) is 3. The van der Waals surface area contributed by atoms with Crippen molar-refractivity contribution >= 4 is 22.8 Å². The molecule has 1 aromatic carbocycles. The van der Waals surface area contributed by atoms with Crippen molar-refractivity contribution in [1.29, 1.82) is 0 Å². The van der Waals surface area contributed by atoms with Crippen molar-refractivity contribution in [2.75, 3.05) is 13.1 Å². The van der Waals surface area contributed by atoms with Crippen LogP contribution in [0.25, 0.3) is 10.9 Å². The van der Waals surface area contributed by atoms with Crippen LogP contribution in [-0.4, -0.2) is 40.0 Å². The summed E-state index contributed by atoms with van der Waals surface area (Å²) in [6, 6.07) is 8.39. The van der Waals surface area contributed by atoms with Gasteiger partial charge in [0, 0.05) is 30.1 Å². The third-order valence-corrected chi connectivity index (χ3v) is 4.04. The average molecular weight is 300 g/mol. The van der Waals surface area contributed by atoms with Crippen LogP contribution >= 0.6 is 0 Å². The Morgan fingerprint density at radius 2 is 2.05 bits per heavy atom. The smallest absolute Gasteiger partial charge is 0.308 e. The van der Waals surface area contributed by atoms with E-state index in [1.165, 1.54) is 11.0 Å². The van der Waals surface area contributed by atoms with E-state index in [0.717, 1.165) is 0 Å². The minimum atomic E-state index is -0.881. The Morgan fingerprint density at radius 3 is 2.82 bits per heavy atom. The van der Waals surface area contributed by atoms with Crippen LogP contribution in [0, 0.1) is 5.92 Å². The fourth-order valence-corrected chi connectivity index (χ4v) is 2.92. The zero-order valence-electron chi connectivity index (χ0n) is 11.9. The predicted molar refractivity (Wildman–Crippen MR) is 80.8 cm³/mol. The first-order chi connectivity index (χ1) is 10.6. The van der Waals surface area contributed by atoms with Crippen molar-refractivity contribution < 1.29 is 14.7 Å². The molecule has 6 heteroatoms. The number of aromatic nitrogens is 1. The second kappa shape index (κ2) is 5.63.